The summed E-state index contributed by atoms with van der Waals surface area (Å²) in [5.41, 5.74) is 1.55. The molecule has 0 aromatic heterocycles. The average Bonchev–Trinajstić information content (AvgIpc) is 2.70. The number of carboxylic acids is 1. The molecule has 0 atom stereocenters. The van der Waals surface area contributed by atoms with Crippen LogP contribution in [0.1, 0.15) is 36.6 Å². The van der Waals surface area contributed by atoms with Crippen molar-refractivity contribution in [3.8, 4) is 0 Å². The lowest BCUT2D eigenvalue weighted by Crippen LogP contribution is -2.40. The molecule has 2 aromatic rings. The van der Waals surface area contributed by atoms with E-state index in [-0.39, 0.29) is 11.1 Å². The Balaban J connectivity index is 0.000000174. The van der Waals surface area contributed by atoms with E-state index in [4.69, 9.17) is 15.3 Å². The zero-order valence-electron chi connectivity index (χ0n) is 12.2. The number of aromatic carboxylic acids is 1. The summed E-state index contributed by atoms with van der Waals surface area (Å²) in [7, 11) is 0. The average molecular weight is 314 g/mol. The molecule has 118 valence electrons. The van der Waals surface area contributed by atoms with E-state index in [1.54, 1.807) is 36.4 Å². The second kappa shape index (κ2) is 6.12. The Kier molecular flexibility index (Phi) is 4.40. The molecule has 6 heteroatoms. The van der Waals surface area contributed by atoms with E-state index in [0.29, 0.717) is 5.56 Å². The Morgan fingerprint density at radius 2 is 1.30 bits per heavy atom. The maximum Gasteiger partial charge on any atom is 0.335 e. The van der Waals surface area contributed by atoms with Gasteiger partial charge < -0.3 is 15.3 Å². The molecular formula is C17H14O6. The molecule has 0 amide bonds. The van der Waals surface area contributed by atoms with Gasteiger partial charge in [0.1, 0.15) is 0 Å². The zero-order chi connectivity index (χ0) is 17.2. The van der Waals surface area contributed by atoms with Crippen molar-refractivity contribution >= 4 is 17.5 Å². The zero-order valence-corrected chi connectivity index (χ0v) is 12.2. The van der Waals surface area contributed by atoms with Gasteiger partial charge in [0.15, 0.2) is 0 Å². The van der Waals surface area contributed by atoms with Gasteiger partial charge in [-0.1, -0.05) is 42.0 Å². The Hall–Kier alpha value is -2.83. The van der Waals surface area contributed by atoms with Crippen LogP contribution >= 0.6 is 0 Å². The highest BCUT2D eigenvalue weighted by Gasteiger charge is 2.50. The molecule has 0 unspecified atom stereocenters. The molecule has 0 heterocycles. The highest BCUT2D eigenvalue weighted by Crippen LogP contribution is 2.27. The number of carboxylic acid groups (broad SMARTS) is 1. The minimum absolute atomic E-state index is 0.0671. The molecule has 0 radical (unpaired) electrons. The molecule has 3 rings (SSSR count). The van der Waals surface area contributed by atoms with Gasteiger partial charge >= 0.3 is 5.97 Å². The van der Waals surface area contributed by atoms with Crippen LogP contribution in [-0.2, 0) is 0 Å². The topological polar surface area (TPSA) is 112 Å². The van der Waals surface area contributed by atoms with Crippen LogP contribution in [0.2, 0.25) is 0 Å². The van der Waals surface area contributed by atoms with Gasteiger partial charge in [-0.2, -0.15) is 0 Å². The molecule has 3 N–H and O–H groups in total. The Morgan fingerprint density at radius 1 is 0.870 bits per heavy atom. The number of aryl methyl sites for hydroxylation is 1. The molecule has 1 aliphatic rings. The fraction of sp³-hybridized carbons (Fsp3) is 0.118. The van der Waals surface area contributed by atoms with Crippen molar-refractivity contribution in [2.24, 2.45) is 0 Å². The first kappa shape index (κ1) is 16.5. The Morgan fingerprint density at radius 3 is 1.70 bits per heavy atom. The normalized spacial score (nSPS) is 14.7. The molecule has 0 aliphatic heterocycles. The summed E-state index contributed by atoms with van der Waals surface area (Å²) in [6.45, 7) is 1.92. The molecule has 1 aliphatic carbocycles. The number of carbonyl (C=O) groups excluding carboxylic acids is 2. The minimum atomic E-state index is -2.86. The number of benzene rings is 2. The monoisotopic (exact) mass is 314 g/mol. The van der Waals surface area contributed by atoms with Crippen molar-refractivity contribution < 1.29 is 29.7 Å². The van der Waals surface area contributed by atoms with Gasteiger partial charge in [-0.3, -0.25) is 9.59 Å². The lowest BCUT2D eigenvalue weighted by atomic mass is 10.1. The molecule has 23 heavy (non-hydrogen) atoms. The third-order valence-corrected chi connectivity index (χ3v) is 3.35. The third-order valence-electron chi connectivity index (χ3n) is 3.35. The number of ketones is 2. The molecule has 0 fully saturated rings. The first-order valence-electron chi connectivity index (χ1n) is 6.68. The van der Waals surface area contributed by atoms with Crippen LogP contribution in [0.5, 0.6) is 0 Å². The van der Waals surface area contributed by atoms with Gasteiger partial charge in [-0.25, -0.2) is 4.79 Å². The van der Waals surface area contributed by atoms with Gasteiger partial charge in [-0.05, 0) is 19.1 Å². The predicted molar refractivity (Wildman–Crippen MR) is 80.4 cm³/mol. The van der Waals surface area contributed by atoms with E-state index >= 15 is 0 Å². The minimum Gasteiger partial charge on any atom is -0.478 e. The smallest absolute Gasteiger partial charge is 0.335 e. The van der Waals surface area contributed by atoms with Crippen molar-refractivity contribution in [2.75, 3.05) is 0 Å². The van der Waals surface area contributed by atoms with Crippen LogP contribution in [-0.4, -0.2) is 38.6 Å². The van der Waals surface area contributed by atoms with Crippen LogP contribution in [0.15, 0.2) is 48.5 Å². The van der Waals surface area contributed by atoms with Crippen LogP contribution < -0.4 is 0 Å². The van der Waals surface area contributed by atoms with Crippen molar-refractivity contribution in [3.63, 3.8) is 0 Å². The summed E-state index contributed by atoms with van der Waals surface area (Å²) in [6.07, 6.45) is 0. The van der Waals surface area contributed by atoms with Crippen LogP contribution in [0.25, 0.3) is 0 Å². The lowest BCUT2D eigenvalue weighted by molar-refractivity contribution is -0.0857. The second-order valence-corrected chi connectivity index (χ2v) is 5.05. The van der Waals surface area contributed by atoms with Gasteiger partial charge in [-0.15, -0.1) is 0 Å². The summed E-state index contributed by atoms with van der Waals surface area (Å²) < 4.78 is 0. The number of rotatable bonds is 1. The fourth-order valence-electron chi connectivity index (χ4n) is 2.05. The number of carbonyl (C=O) groups is 3. The summed E-state index contributed by atoms with van der Waals surface area (Å²) in [6, 6.07) is 12.7. The predicted octanol–water partition coefficient (Wildman–Crippen LogP) is 1.44. The molecule has 0 saturated carbocycles. The van der Waals surface area contributed by atoms with Gasteiger partial charge in [0.2, 0.25) is 11.6 Å². The number of aliphatic hydroxyl groups is 2. The van der Waals surface area contributed by atoms with E-state index in [9.17, 15) is 14.4 Å². The number of fused-ring (bicyclic) bond motifs is 1. The molecular weight excluding hydrogens is 300 g/mol. The van der Waals surface area contributed by atoms with Crippen molar-refractivity contribution in [1.29, 1.82) is 0 Å². The number of hydrogen-bond donors (Lipinski definition) is 3. The summed E-state index contributed by atoms with van der Waals surface area (Å²) in [4.78, 5) is 32.7. The van der Waals surface area contributed by atoms with Gasteiger partial charge in [0, 0.05) is 11.1 Å². The van der Waals surface area contributed by atoms with Crippen LogP contribution in [0.4, 0.5) is 0 Å². The largest absolute Gasteiger partial charge is 0.478 e. The number of hydrogen-bond acceptors (Lipinski definition) is 5. The van der Waals surface area contributed by atoms with E-state index in [0.717, 1.165) is 5.56 Å². The van der Waals surface area contributed by atoms with Crippen molar-refractivity contribution in [3.05, 3.63) is 70.8 Å². The highest BCUT2D eigenvalue weighted by molar-refractivity contribution is 6.30. The molecule has 0 saturated heterocycles. The molecule has 2 aromatic carbocycles. The van der Waals surface area contributed by atoms with Crippen molar-refractivity contribution in [1.82, 2.24) is 0 Å². The summed E-state index contributed by atoms with van der Waals surface area (Å²) >= 11 is 0. The fourth-order valence-corrected chi connectivity index (χ4v) is 2.05. The maximum atomic E-state index is 11.2. The van der Waals surface area contributed by atoms with E-state index < -0.39 is 23.3 Å². The summed E-state index contributed by atoms with van der Waals surface area (Å²) in [5.74, 6) is -5.63. The second-order valence-electron chi connectivity index (χ2n) is 5.05. The van der Waals surface area contributed by atoms with Crippen molar-refractivity contribution in [2.45, 2.75) is 12.7 Å². The Bertz CT molecular complexity index is 737. The van der Waals surface area contributed by atoms with Crippen LogP contribution in [0.3, 0.4) is 0 Å². The number of Topliss-reactive ketones (excluding diaryl/α,β-unsaturated/α-hetero) is 2. The first-order chi connectivity index (χ1) is 10.7. The lowest BCUT2D eigenvalue weighted by Gasteiger charge is -2.08. The van der Waals surface area contributed by atoms with E-state index in [2.05, 4.69) is 0 Å². The van der Waals surface area contributed by atoms with E-state index in [1.807, 2.05) is 6.92 Å². The third kappa shape index (κ3) is 3.18. The highest BCUT2D eigenvalue weighted by atomic mass is 16.5. The van der Waals surface area contributed by atoms with E-state index in [1.165, 1.54) is 12.1 Å². The van der Waals surface area contributed by atoms with Gasteiger partial charge in [0.25, 0.3) is 5.79 Å². The molecule has 0 spiro atoms. The van der Waals surface area contributed by atoms with Crippen LogP contribution in [0, 0.1) is 6.92 Å². The quantitative estimate of drug-likeness (QED) is 0.542. The first-order valence-corrected chi connectivity index (χ1v) is 6.68. The van der Waals surface area contributed by atoms with Gasteiger partial charge in [0.05, 0.1) is 5.56 Å². The molecule has 0 bridgehead atoms. The maximum absolute atomic E-state index is 11.2. The SMILES string of the molecule is Cc1ccc(C(=O)O)cc1.O=C1c2ccccc2C(=O)C1(O)O. The Labute approximate surface area is 131 Å². The standard InChI is InChI=1S/C9H6O4.C8H8O2/c10-7-5-3-1-2-4-6(5)8(11)9(7,12)13;1-6-2-4-7(5-3-6)8(9)10/h1-4,12-13H;2-5H,1H3,(H,9,10). The summed E-state index contributed by atoms with van der Waals surface area (Å²) in [5, 5.41) is 26.7. The molecule has 6 nitrogen and oxygen atoms in total.